The maximum Gasteiger partial charge on any atom is 0.490 e. The quantitative estimate of drug-likeness (QED) is 0.133. The fourth-order valence-electron chi connectivity index (χ4n) is 3.11. The molecule has 21 nitrogen and oxygen atoms in total. The summed E-state index contributed by atoms with van der Waals surface area (Å²) in [6, 6.07) is 3.08. The number of nitrogens with zero attached hydrogens (tertiary/aromatic N) is 5. The summed E-state index contributed by atoms with van der Waals surface area (Å²) in [5.41, 5.74) is 6.22. The van der Waals surface area contributed by atoms with Gasteiger partial charge in [0.15, 0.2) is 17.7 Å². The summed E-state index contributed by atoms with van der Waals surface area (Å²) in [6.07, 6.45) is -0.849. The van der Waals surface area contributed by atoms with Crippen molar-refractivity contribution in [1.29, 1.82) is 0 Å². The predicted molar refractivity (Wildman–Crippen MR) is 127 cm³/mol. The fourth-order valence-corrected chi connectivity index (χ4v) is 6.14. The van der Waals surface area contributed by atoms with Crippen molar-refractivity contribution in [2.45, 2.75) is 24.5 Å². The van der Waals surface area contributed by atoms with E-state index in [0.29, 0.717) is 0 Å². The Balaban J connectivity index is 0.000000415. The third-order valence-corrected chi connectivity index (χ3v) is 8.53. The Morgan fingerprint density at radius 1 is 1.05 bits per heavy atom. The van der Waals surface area contributed by atoms with E-state index in [0.717, 1.165) is 6.33 Å². The minimum Gasteiger partial charge on any atom is -0.478 e. The van der Waals surface area contributed by atoms with Crippen molar-refractivity contribution in [2.24, 2.45) is 0 Å². The molecule has 0 spiro atoms. The van der Waals surface area contributed by atoms with Crippen LogP contribution >= 0.6 is 23.5 Å². The van der Waals surface area contributed by atoms with Crippen LogP contribution in [0.1, 0.15) is 16.6 Å². The van der Waals surface area contributed by atoms with Gasteiger partial charge in [0.25, 0.3) is 0 Å². The number of anilines is 1. The number of phosphoric ester groups is 1. The number of carboxylic acids is 1. The number of aromatic nitrogens is 5. The predicted octanol–water partition coefficient (Wildman–Crippen LogP) is -0.849. The lowest BCUT2D eigenvalue weighted by molar-refractivity contribution is -0.0503. The molecule has 0 saturated carbocycles. The number of phosphoric acid groups is 3. The first-order valence-corrected chi connectivity index (χ1v) is 14.9. The van der Waals surface area contributed by atoms with Gasteiger partial charge in [0, 0.05) is 12.4 Å². The van der Waals surface area contributed by atoms with Gasteiger partial charge in [0.2, 0.25) is 0 Å². The maximum atomic E-state index is 11.8. The van der Waals surface area contributed by atoms with Gasteiger partial charge in [0.05, 0.1) is 18.5 Å². The van der Waals surface area contributed by atoms with E-state index in [4.69, 9.17) is 30.3 Å². The summed E-state index contributed by atoms with van der Waals surface area (Å²) in [4.78, 5) is 61.0. The van der Waals surface area contributed by atoms with E-state index in [1.807, 2.05) is 0 Å². The monoisotopic (exact) mass is 630 g/mol. The van der Waals surface area contributed by atoms with Crippen LogP contribution in [0.3, 0.4) is 0 Å². The first-order valence-electron chi connectivity index (χ1n) is 10.4. The van der Waals surface area contributed by atoms with Crippen molar-refractivity contribution in [1.82, 2.24) is 24.5 Å². The van der Waals surface area contributed by atoms with E-state index < -0.39 is 60.6 Å². The normalized spacial score (nSPS) is 24.1. The number of pyridine rings is 1. The summed E-state index contributed by atoms with van der Waals surface area (Å²) < 4.78 is 51.9. The van der Waals surface area contributed by atoms with Crippen molar-refractivity contribution in [3.63, 3.8) is 0 Å². The van der Waals surface area contributed by atoms with Crippen LogP contribution in [0.2, 0.25) is 0 Å². The molecule has 0 radical (unpaired) electrons. The molecule has 3 aromatic heterocycles. The van der Waals surface area contributed by atoms with Crippen molar-refractivity contribution in [3.05, 3.63) is 42.7 Å². The summed E-state index contributed by atoms with van der Waals surface area (Å²) in [6.45, 7) is -0.956. The third kappa shape index (κ3) is 8.38. The molecule has 1 aliphatic rings. The van der Waals surface area contributed by atoms with Gasteiger partial charge in [-0.2, -0.15) is 8.62 Å². The van der Waals surface area contributed by atoms with Crippen LogP contribution in [0, 0.1) is 0 Å². The first kappa shape index (κ1) is 31.8. The van der Waals surface area contributed by atoms with Crippen molar-refractivity contribution >= 4 is 46.4 Å². The number of fused-ring (bicyclic) bond motifs is 1. The van der Waals surface area contributed by atoms with Crippen molar-refractivity contribution in [3.8, 4) is 0 Å². The first-order chi connectivity index (χ1) is 18.5. The van der Waals surface area contributed by atoms with Gasteiger partial charge in [-0.25, -0.2) is 33.4 Å². The van der Waals surface area contributed by atoms with Gasteiger partial charge in [0.1, 0.15) is 30.2 Å². The molecule has 3 aromatic rings. The number of carbonyl (C=O) groups is 1. The van der Waals surface area contributed by atoms with Crippen LogP contribution in [-0.2, 0) is 31.6 Å². The van der Waals surface area contributed by atoms with Crippen LogP contribution in [0.4, 0.5) is 5.82 Å². The fraction of sp³-hybridized carbons (Fsp3) is 0.312. The number of aromatic carboxylic acids is 1. The van der Waals surface area contributed by atoms with E-state index in [-0.39, 0.29) is 22.5 Å². The second kappa shape index (κ2) is 12.4. The second-order valence-electron chi connectivity index (χ2n) is 7.56. The Morgan fingerprint density at radius 2 is 1.75 bits per heavy atom. The van der Waals surface area contributed by atoms with Gasteiger partial charge in [-0.05, 0) is 12.1 Å². The number of hydrogen-bond donors (Lipinski definition) is 8. The average molecular weight is 630 g/mol. The van der Waals surface area contributed by atoms with Crippen LogP contribution in [-0.4, -0.2) is 90.3 Å². The lowest BCUT2D eigenvalue weighted by atomic mass is 10.1. The van der Waals surface area contributed by atoms with E-state index in [9.17, 15) is 33.6 Å². The molecule has 220 valence electrons. The smallest absolute Gasteiger partial charge is 0.478 e. The molecule has 24 heteroatoms. The van der Waals surface area contributed by atoms with E-state index in [2.05, 4.69) is 33.1 Å². The van der Waals surface area contributed by atoms with Crippen LogP contribution in [0.15, 0.2) is 37.2 Å². The molecule has 9 N–H and O–H groups in total. The molecule has 4 heterocycles. The zero-order valence-electron chi connectivity index (χ0n) is 19.5. The van der Waals surface area contributed by atoms with Gasteiger partial charge >= 0.3 is 29.4 Å². The number of aliphatic hydroxyl groups excluding tert-OH is 2. The van der Waals surface area contributed by atoms with Crippen molar-refractivity contribution < 1.29 is 71.3 Å². The summed E-state index contributed by atoms with van der Waals surface area (Å²) in [7, 11) is -16.7. The van der Waals surface area contributed by atoms with Crippen LogP contribution in [0.5, 0.6) is 0 Å². The van der Waals surface area contributed by atoms with Crippen molar-refractivity contribution in [2.75, 3.05) is 12.3 Å². The standard InChI is InChI=1S/C10H16N5O13P3.C6H5NO2/c11-8-5-9(13-2-12-8)15(3-14-5)10-7(17)6(16)4(26-10)1-25-30(21,22)28-31(23,24)27-29(18,19)20;8-6(9)5-2-1-3-7-4-5/h2-4,6-7,10,16-17H,1H2,(H,21,22)(H,23,24)(H2,11,12,13)(H2,18,19,20);1-4H,(H,8,9)/t4-,6-,7-,10-;/m1./s1. The largest absolute Gasteiger partial charge is 0.490 e. The SMILES string of the molecule is Nc1ncnc2c1ncn2[C@@H]1O[C@H](COP(=O)(O)OP(=O)(O)OP(=O)(O)O)[C@@H](O)[C@H]1O.O=C(O)c1cccnc1. The molecule has 6 atom stereocenters. The number of nitrogen functional groups attached to an aromatic ring is 1. The average Bonchev–Trinajstić information content (AvgIpc) is 3.38. The van der Waals surface area contributed by atoms with Gasteiger partial charge < -0.3 is 45.4 Å². The molecular formula is C16H21N6O15P3. The Labute approximate surface area is 222 Å². The summed E-state index contributed by atoms with van der Waals surface area (Å²) in [5.74, 6) is -0.899. The van der Waals surface area contributed by atoms with Gasteiger partial charge in [-0.1, -0.05) is 0 Å². The lowest BCUT2D eigenvalue weighted by Crippen LogP contribution is -2.33. The summed E-state index contributed by atoms with van der Waals surface area (Å²) >= 11 is 0. The third-order valence-electron chi connectivity index (χ3n) is 4.72. The minimum atomic E-state index is -5.70. The highest BCUT2D eigenvalue weighted by molar-refractivity contribution is 7.66. The Hall–Kier alpha value is -2.74. The van der Waals surface area contributed by atoms with E-state index in [1.165, 1.54) is 29.4 Å². The molecular weight excluding hydrogens is 609 g/mol. The van der Waals surface area contributed by atoms with Gasteiger partial charge in [-0.3, -0.25) is 14.1 Å². The second-order valence-corrected chi connectivity index (χ2v) is 12.0. The minimum absolute atomic E-state index is 0.0426. The molecule has 0 aliphatic carbocycles. The molecule has 4 rings (SSSR count). The highest BCUT2D eigenvalue weighted by atomic mass is 31.3. The molecule has 0 bridgehead atoms. The van der Waals surface area contributed by atoms with Gasteiger partial charge in [-0.15, -0.1) is 0 Å². The molecule has 2 unspecified atom stereocenters. The number of hydrogen-bond acceptors (Lipinski definition) is 15. The summed E-state index contributed by atoms with van der Waals surface area (Å²) in [5, 5.41) is 28.8. The zero-order chi connectivity index (χ0) is 29.9. The highest BCUT2D eigenvalue weighted by Gasteiger charge is 2.47. The topological polar surface area (TPSA) is 329 Å². The number of nitrogens with two attached hydrogens (primary N) is 1. The van der Waals surface area contributed by atoms with E-state index >= 15 is 0 Å². The number of aliphatic hydroxyl groups is 2. The zero-order valence-corrected chi connectivity index (χ0v) is 22.2. The Kier molecular flexibility index (Phi) is 9.86. The molecule has 1 fully saturated rings. The number of carboxylic acid groups (broad SMARTS) is 1. The van der Waals surface area contributed by atoms with Crippen LogP contribution < -0.4 is 5.73 Å². The molecule has 40 heavy (non-hydrogen) atoms. The number of imidazole rings is 1. The highest BCUT2D eigenvalue weighted by Crippen LogP contribution is 2.66. The molecule has 1 aliphatic heterocycles. The molecule has 0 aromatic carbocycles. The maximum absolute atomic E-state index is 11.8. The Bertz CT molecular complexity index is 1490. The molecule has 1 saturated heterocycles. The Morgan fingerprint density at radius 3 is 2.33 bits per heavy atom. The lowest BCUT2D eigenvalue weighted by Gasteiger charge is -2.19. The molecule has 0 amide bonds. The number of ether oxygens (including phenoxy) is 1. The number of rotatable bonds is 9. The van der Waals surface area contributed by atoms with E-state index in [1.54, 1.807) is 6.07 Å². The van der Waals surface area contributed by atoms with Crippen LogP contribution in [0.25, 0.3) is 11.2 Å².